The second-order valence-electron chi connectivity index (χ2n) is 5.11. The standard InChI is InChI=1S/C13H21N5/c1-10(2)8-18-9-12(7-15-18)6-14-13-5-11(3)17(4)16-13/h5,7,9-10H,6,8H2,1-4H3,(H,14,16). The minimum atomic E-state index is 0.615. The molecular weight excluding hydrogens is 226 g/mol. The average Bonchev–Trinajstić information content (AvgIpc) is 2.84. The van der Waals surface area contributed by atoms with E-state index in [9.17, 15) is 0 Å². The Morgan fingerprint density at radius 2 is 2.17 bits per heavy atom. The first kappa shape index (κ1) is 12.7. The van der Waals surface area contributed by atoms with E-state index >= 15 is 0 Å². The van der Waals surface area contributed by atoms with Gasteiger partial charge in [0.25, 0.3) is 0 Å². The lowest BCUT2D eigenvalue weighted by Crippen LogP contribution is -2.04. The van der Waals surface area contributed by atoms with Crippen LogP contribution in [0.2, 0.25) is 0 Å². The molecule has 0 radical (unpaired) electrons. The Balaban J connectivity index is 1.92. The maximum absolute atomic E-state index is 4.36. The number of aromatic nitrogens is 4. The molecule has 0 saturated heterocycles. The van der Waals surface area contributed by atoms with Crippen LogP contribution in [0.3, 0.4) is 0 Å². The van der Waals surface area contributed by atoms with Crippen LogP contribution in [0.25, 0.3) is 0 Å². The van der Waals surface area contributed by atoms with Gasteiger partial charge in [0, 0.05) is 43.7 Å². The van der Waals surface area contributed by atoms with E-state index < -0.39 is 0 Å². The highest BCUT2D eigenvalue weighted by Crippen LogP contribution is 2.09. The van der Waals surface area contributed by atoms with Gasteiger partial charge in [-0.05, 0) is 12.8 Å². The Morgan fingerprint density at radius 1 is 1.39 bits per heavy atom. The molecule has 5 nitrogen and oxygen atoms in total. The maximum atomic E-state index is 4.36. The third-order valence-electron chi connectivity index (χ3n) is 2.83. The van der Waals surface area contributed by atoms with Crippen LogP contribution in [0.4, 0.5) is 5.82 Å². The van der Waals surface area contributed by atoms with Crippen molar-refractivity contribution < 1.29 is 0 Å². The van der Waals surface area contributed by atoms with Crippen molar-refractivity contribution in [3.05, 3.63) is 29.7 Å². The Bertz CT molecular complexity index is 490. The van der Waals surface area contributed by atoms with Gasteiger partial charge >= 0.3 is 0 Å². The predicted molar refractivity (Wildman–Crippen MR) is 72.3 cm³/mol. The van der Waals surface area contributed by atoms with Crippen molar-refractivity contribution in [2.75, 3.05) is 5.32 Å². The van der Waals surface area contributed by atoms with Crippen molar-refractivity contribution in [1.82, 2.24) is 19.6 Å². The molecule has 0 aliphatic rings. The second kappa shape index (κ2) is 5.25. The summed E-state index contributed by atoms with van der Waals surface area (Å²) in [5.74, 6) is 1.52. The Labute approximate surface area is 108 Å². The normalized spacial score (nSPS) is 11.2. The van der Waals surface area contributed by atoms with Gasteiger partial charge in [-0.25, -0.2) is 0 Å². The molecule has 2 rings (SSSR count). The highest BCUT2D eigenvalue weighted by atomic mass is 15.3. The topological polar surface area (TPSA) is 47.7 Å². The van der Waals surface area contributed by atoms with Crippen molar-refractivity contribution in [3.63, 3.8) is 0 Å². The molecule has 2 heterocycles. The molecule has 0 bridgehead atoms. The third kappa shape index (κ3) is 3.12. The predicted octanol–water partition coefficient (Wildman–Crippen LogP) is 2.19. The molecule has 0 fully saturated rings. The van der Waals surface area contributed by atoms with Crippen LogP contribution >= 0.6 is 0 Å². The monoisotopic (exact) mass is 247 g/mol. The number of anilines is 1. The molecule has 0 aliphatic carbocycles. The van der Waals surface area contributed by atoms with Gasteiger partial charge in [0.05, 0.1) is 6.20 Å². The first-order valence-electron chi connectivity index (χ1n) is 6.30. The molecule has 5 heteroatoms. The van der Waals surface area contributed by atoms with Crippen molar-refractivity contribution in [3.8, 4) is 0 Å². The quantitative estimate of drug-likeness (QED) is 0.881. The minimum absolute atomic E-state index is 0.615. The zero-order valence-electron chi connectivity index (χ0n) is 11.5. The van der Waals surface area contributed by atoms with Crippen LogP contribution in [0.15, 0.2) is 18.5 Å². The highest BCUT2D eigenvalue weighted by Gasteiger charge is 2.03. The first-order chi connectivity index (χ1) is 8.54. The van der Waals surface area contributed by atoms with E-state index in [2.05, 4.69) is 35.6 Å². The van der Waals surface area contributed by atoms with E-state index in [1.165, 1.54) is 5.56 Å². The van der Waals surface area contributed by atoms with Gasteiger partial charge in [-0.1, -0.05) is 13.8 Å². The number of aryl methyl sites for hydroxylation is 2. The highest BCUT2D eigenvalue weighted by molar-refractivity contribution is 5.36. The minimum Gasteiger partial charge on any atom is -0.364 e. The molecule has 0 atom stereocenters. The fourth-order valence-electron chi connectivity index (χ4n) is 1.81. The molecule has 2 aromatic heterocycles. The molecular formula is C13H21N5. The fourth-order valence-corrected chi connectivity index (χ4v) is 1.81. The van der Waals surface area contributed by atoms with Gasteiger partial charge in [0.1, 0.15) is 5.82 Å². The SMILES string of the molecule is Cc1cc(NCc2cnn(CC(C)C)c2)nn1C. The van der Waals surface area contributed by atoms with Crippen LogP contribution in [-0.4, -0.2) is 19.6 Å². The largest absolute Gasteiger partial charge is 0.364 e. The molecule has 18 heavy (non-hydrogen) atoms. The number of hydrogen-bond acceptors (Lipinski definition) is 3. The third-order valence-corrected chi connectivity index (χ3v) is 2.83. The molecule has 1 N–H and O–H groups in total. The average molecular weight is 247 g/mol. The van der Waals surface area contributed by atoms with E-state index in [1.807, 2.05) is 35.6 Å². The van der Waals surface area contributed by atoms with Crippen LogP contribution in [0.5, 0.6) is 0 Å². The molecule has 98 valence electrons. The van der Waals surface area contributed by atoms with Gasteiger partial charge < -0.3 is 5.32 Å². The molecule has 0 aromatic carbocycles. The fraction of sp³-hybridized carbons (Fsp3) is 0.538. The van der Waals surface area contributed by atoms with Crippen molar-refractivity contribution in [2.45, 2.75) is 33.9 Å². The van der Waals surface area contributed by atoms with Crippen LogP contribution in [0.1, 0.15) is 25.1 Å². The van der Waals surface area contributed by atoms with E-state index in [4.69, 9.17) is 0 Å². The summed E-state index contributed by atoms with van der Waals surface area (Å²) in [6.45, 7) is 8.14. The summed E-state index contributed by atoms with van der Waals surface area (Å²) in [6, 6.07) is 2.04. The summed E-state index contributed by atoms with van der Waals surface area (Å²) in [6.07, 6.45) is 3.99. The van der Waals surface area contributed by atoms with Crippen molar-refractivity contribution >= 4 is 5.82 Å². The molecule has 2 aromatic rings. The van der Waals surface area contributed by atoms with E-state index in [-0.39, 0.29) is 0 Å². The number of hydrogen-bond donors (Lipinski definition) is 1. The Morgan fingerprint density at radius 3 is 2.78 bits per heavy atom. The van der Waals surface area contributed by atoms with Gasteiger partial charge in [0.15, 0.2) is 0 Å². The zero-order chi connectivity index (χ0) is 13.1. The zero-order valence-corrected chi connectivity index (χ0v) is 11.5. The lowest BCUT2D eigenvalue weighted by atomic mass is 10.2. The molecule has 0 amide bonds. The smallest absolute Gasteiger partial charge is 0.148 e. The molecule has 0 spiro atoms. The molecule has 0 saturated carbocycles. The van der Waals surface area contributed by atoms with Gasteiger partial charge in [-0.15, -0.1) is 0 Å². The number of nitrogens with zero attached hydrogens (tertiary/aromatic N) is 4. The maximum Gasteiger partial charge on any atom is 0.148 e. The summed E-state index contributed by atoms with van der Waals surface area (Å²) in [7, 11) is 1.95. The number of rotatable bonds is 5. The summed E-state index contributed by atoms with van der Waals surface area (Å²) < 4.78 is 3.86. The lowest BCUT2D eigenvalue weighted by molar-refractivity contribution is 0.483. The molecule has 0 aliphatic heterocycles. The van der Waals surface area contributed by atoms with Crippen molar-refractivity contribution in [1.29, 1.82) is 0 Å². The van der Waals surface area contributed by atoms with Gasteiger partial charge in [-0.3, -0.25) is 9.36 Å². The summed E-state index contributed by atoms with van der Waals surface area (Å²) in [5, 5.41) is 12.0. The summed E-state index contributed by atoms with van der Waals surface area (Å²) >= 11 is 0. The van der Waals surface area contributed by atoms with Crippen LogP contribution in [-0.2, 0) is 20.1 Å². The number of nitrogens with one attached hydrogen (secondary N) is 1. The Kier molecular flexibility index (Phi) is 3.69. The van der Waals surface area contributed by atoms with E-state index in [0.29, 0.717) is 5.92 Å². The summed E-state index contributed by atoms with van der Waals surface area (Å²) in [5.41, 5.74) is 2.33. The van der Waals surface area contributed by atoms with Crippen LogP contribution < -0.4 is 5.32 Å². The van der Waals surface area contributed by atoms with Crippen molar-refractivity contribution in [2.24, 2.45) is 13.0 Å². The van der Waals surface area contributed by atoms with Crippen LogP contribution in [0, 0.1) is 12.8 Å². The van der Waals surface area contributed by atoms with Gasteiger partial charge in [0.2, 0.25) is 0 Å². The molecule has 0 unspecified atom stereocenters. The summed E-state index contributed by atoms with van der Waals surface area (Å²) in [4.78, 5) is 0. The first-order valence-corrected chi connectivity index (χ1v) is 6.30. The van der Waals surface area contributed by atoms with E-state index in [0.717, 1.165) is 24.6 Å². The second-order valence-corrected chi connectivity index (χ2v) is 5.11. The van der Waals surface area contributed by atoms with Gasteiger partial charge in [-0.2, -0.15) is 10.2 Å². The Hall–Kier alpha value is -1.78. The van der Waals surface area contributed by atoms with E-state index in [1.54, 1.807) is 0 Å². The lowest BCUT2D eigenvalue weighted by Gasteiger charge is -2.03.